The molecule has 0 saturated carbocycles. The third kappa shape index (κ3) is 3.79. The monoisotopic (exact) mass is 370 g/mol. The van der Waals surface area contributed by atoms with Gasteiger partial charge in [0.1, 0.15) is 0 Å². The van der Waals surface area contributed by atoms with Crippen molar-refractivity contribution in [2.24, 2.45) is 0 Å². The number of para-hydroxylation sites is 1. The number of hydrogen-bond acceptors (Lipinski definition) is 3. The zero-order valence-corrected chi connectivity index (χ0v) is 15.4. The van der Waals surface area contributed by atoms with Crippen LogP contribution in [0.5, 0.6) is 0 Å². The van der Waals surface area contributed by atoms with Crippen molar-refractivity contribution in [1.29, 1.82) is 0 Å². The number of carbonyl (C=O) groups is 1. The summed E-state index contributed by atoms with van der Waals surface area (Å²) in [5.74, 6) is 0. The van der Waals surface area contributed by atoms with Gasteiger partial charge in [-0.3, -0.25) is 4.90 Å². The van der Waals surface area contributed by atoms with E-state index in [-0.39, 0.29) is 6.03 Å². The lowest BCUT2D eigenvalue weighted by atomic mass is 10.1. The molecular formula is C20H23ClN4O. The van der Waals surface area contributed by atoms with Gasteiger partial charge in [-0.05, 0) is 36.4 Å². The molecule has 4 rings (SSSR count). The van der Waals surface area contributed by atoms with Gasteiger partial charge in [0.15, 0.2) is 0 Å². The van der Waals surface area contributed by atoms with Crippen molar-refractivity contribution in [3.05, 3.63) is 59.6 Å². The van der Waals surface area contributed by atoms with Gasteiger partial charge in [0.05, 0.1) is 0 Å². The first kappa shape index (κ1) is 17.2. The number of urea groups is 1. The molecule has 136 valence electrons. The maximum absolute atomic E-state index is 12.3. The number of anilines is 2. The molecule has 2 heterocycles. The Hall–Kier alpha value is -2.24. The van der Waals surface area contributed by atoms with Gasteiger partial charge in [0.25, 0.3) is 0 Å². The summed E-state index contributed by atoms with van der Waals surface area (Å²) in [6, 6.07) is 18.2. The Balaban J connectivity index is 1.23. The first-order chi connectivity index (χ1) is 12.7. The molecule has 26 heavy (non-hydrogen) atoms. The van der Waals surface area contributed by atoms with Gasteiger partial charge in [-0.1, -0.05) is 29.8 Å². The topological polar surface area (TPSA) is 38.8 Å². The zero-order valence-electron chi connectivity index (χ0n) is 14.6. The van der Waals surface area contributed by atoms with Crippen molar-refractivity contribution in [2.45, 2.75) is 6.04 Å². The third-order valence-electron chi connectivity index (χ3n) is 5.20. The second kappa shape index (κ2) is 7.56. The van der Waals surface area contributed by atoms with Crippen LogP contribution in [-0.4, -0.2) is 61.1 Å². The number of nitrogens with one attached hydrogen (secondary N) is 1. The van der Waals surface area contributed by atoms with Gasteiger partial charge >= 0.3 is 6.03 Å². The smallest absolute Gasteiger partial charge is 0.321 e. The molecule has 2 fully saturated rings. The van der Waals surface area contributed by atoms with Crippen molar-refractivity contribution in [1.82, 2.24) is 9.80 Å². The van der Waals surface area contributed by atoms with Crippen molar-refractivity contribution < 1.29 is 4.79 Å². The molecule has 0 radical (unpaired) electrons. The average Bonchev–Trinajstić information content (AvgIpc) is 2.64. The molecule has 2 aliphatic heterocycles. The Morgan fingerprint density at radius 3 is 2.23 bits per heavy atom. The highest BCUT2D eigenvalue weighted by molar-refractivity contribution is 6.30. The van der Waals surface area contributed by atoms with Crippen LogP contribution in [-0.2, 0) is 0 Å². The summed E-state index contributed by atoms with van der Waals surface area (Å²) in [6.07, 6.45) is 0. The number of likely N-dealkylation sites (tertiary alicyclic amines) is 1. The SMILES string of the molecule is O=C(Nc1ccc(Cl)cc1)N1CC(N2CCN(c3ccccc3)CC2)C1. The highest BCUT2D eigenvalue weighted by atomic mass is 35.5. The summed E-state index contributed by atoms with van der Waals surface area (Å²) >= 11 is 5.87. The van der Waals surface area contributed by atoms with Crippen LogP contribution in [0.2, 0.25) is 5.02 Å². The lowest BCUT2D eigenvalue weighted by Crippen LogP contribution is -2.64. The molecule has 2 amide bonds. The van der Waals surface area contributed by atoms with E-state index in [9.17, 15) is 4.79 Å². The average molecular weight is 371 g/mol. The normalized spacial score (nSPS) is 18.5. The minimum absolute atomic E-state index is 0.0357. The first-order valence-corrected chi connectivity index (χ1v) is 9.42. The molecule has 2 aliphatic rings. The molecule has 0 unspecified atom stereocenters. The lowest BCUT2D eigenvalue weighted by Gasteiger charge is -2.48. The number of carbonyl (C=O) groups excluding carboxylic acids is 1. The third-order valence-corrected chi connectivity index (χ3v) is 5.45. The van der Waals surface area contributed by atoms with Crippen LogP contribution in [0, 0.1) is 0 Å². The standard InChI is InChI=1S/C20H23ClN4O/c21-16-6-8-17(9-7-16)22-20(26)25-14-19(15-25)24-12-10-23(11-13-24)18-4-2-1-3-5-18/h1-9,19H,10-15H2,(H,22,26). The second-order valence-electron chi connectivity index (χ2n) is 6.85. The van der Waals surface area contributed by atoms with Crippen molar-refractivity contribution >= 4 is 29.0 Å². The van der Waals surface area contributed by atoms with E-state index in [1.807, 2.05) is 17.0 Å². The minimum Gasteiger partial charge on any atom is -0.369 e. The van der Waals surface area contributed by atoms with Gasteiger partial charge in [0.2, 0.25) is 0 Å². The van der Waals surface area contributed by atoms with Crippen molar-refractivity contribution in [3.63, 3.8) is 0 Å². The minimum atomic E-state index is -0.0357. The summed E-state index contributed by atoms with van der Waals surface area (Å²) in [4.78, 5) is 19.1. The second-order valence-corrected chi connectivity index (χ2v) is 7.29. The maximum Gasteiger partial charge on any atom is 0.321 e. The molecule has 0 atom stereocenters. The molecule has 2 aromatic carbocycles. The Kier molecular flexibility index (Phi) is 5.00. The summed E-state index contributed by atoms with van der Waals surface area (Å²) < 4.78 is 0. The largest absolute Gasteiger partial charge is 0.369 e. The van der Waals surface area contributed by atoms with E-state index < -0.39 is 0 Å². The Morgan fingerprint density at radius 1 is 0.923 bits per heavy atom. The first-order valence-electron chi connectivity index (χ1n) is 9.04. The van der Waals surface area contributed by atoms with Crippen LogP contribution >= 0.6 is 11.6 Å². The van der Waals surface area contributed by atoms with Crippen LogP contribution < -0.4 is 10.2 Å². The number of piperazine rings is 1. The van der Waals surface area contributed by atoms with Crippen molar-refractivity contribution in [2.75, 3.05) is 49.5 Å². The fourth-order valence-corrected chi connectivity index (χ4v) is 3.70. The molecule has 0 aliphatic carbocycles. The van der Waals surface area contributed by atoms with Gasteiger partial charge in [-0.2, -0.15) is 0 Å². The highest BCUT2D eigenvalue weighted by Crippen LogP contribution is 2.21. The van der Waals surface area contributed by atoms with E-state index in [0.717, 1.165) is 45.0 Å². The predicted molar refractivity (Wildman–Crippen MR) is 106 cm³/mol. The van der Waals surface area contributed by atoms with Crippen molar-refractivity contribution in [3.8, 4) is 0 Å². The fraction of sp³-hybridized carbons (Fsp3) is 0.350. The molecule has 6 heteroatoms. The van der Waals surface area contributed by atoms with Gasteiger partial charge < -0.3 is 15.1 Å². The van der Waals surface area contributed by atoms with E-state index in [2.05, 4.69) is 45.4 Å². The van der Waals surface area contributed by atoms with Crippen LogP contribution in [0.4, 0.5) is 16.2 Å². The highest BCUT2D eigenvalue weighted by Gasteiger charge is 2.36. The summed E-state index contributed by atoms with van der Waals surface area (Å²) in [6.45, 7) is 5.77. The summed E-state index contributed by atoms with van der Waals surface area (Å²) in [7, 11) is 0. The van der Waals surface area contributed by atoms with Crippen LogP contribution in [0.3, 0.4) is 0 Å². The number of halogens is 1. The Bertz CT molecular complexity index is 738. The molecule has 2 aromatic rings. The van der Waals surface area contributed by atoms with E-state index in [4.69, 9.17) is 11.6 Å². The van der Waals surface area contributed by atoms with E-state index >= 15 is 0 Å². The van der Waals surface area contributed by atoms with Gasteiger partial charge in [-0.15, -0.1) is 0 Å². The number of nitrogens with zero attached hydrogens (tertiary/aromatic N) is 3. The van der Waals surface area contributed by atoms with E-state index in [1.165, 1.54) is 5.69 Å². The number of benzene rings is 2. The Labute approximate surface area is 159 Å². The van der Waals surface area contributed by atoms with Crippen LogP contribution in [0.1, 0.15) is 0 Å². The quantitative estimate of drug-likeness (QED) is 0.900. The summed E-state index contributed by atoms with van der Waals surface area (Å²) in [5.41, 5.74) is 2.07. The number of hydrogen-bond donors (Lipinski definition) is 1. The van der Waals surface area contributed by atoms with Gasteiger partial charge in [-0.25, -0.2) is 4.79 Å². The summed E-state index contributed by atoms with van der Waals surface area (Å²) in [5, 5.41) is 3.59. The maximum atomic E-state index is 12.3. The lowest BCUT2D eigenvalue weighted by molar-refractivity contribution is 0.0578. The zero-order chi connectivity index (χ0) is 17.9. The fourth-order valence-electron chi connectivity index (χ4n) is 3.57. The molecule has 1 N–H and O–H groups in total. The molecule has 5 nitrogen and oxygen atoms in total. The van der Waals surface area contributed by atoms with Gasteiger partial charge in [0, 0.05) is 61.7 Å². The van der Waals surface area contributed by atoms with Crippen LogP contribution in [0.25, 0.3) is 0 Å². The molecular weight excluding hydrogens is 348 g/mol. The number of rotatable bonds is 3. The molecule has 0 bridgehead atoms. The molecule has 0 spiro atoms. The Morgan fingerprint density at radius 2 is 1.58 bits per heavy atom. The van der Waals surface area contributed by atoms with E-state index in [0.29, 0.717) is 11.1 Å². The molecule has 2 saturated heterocycles. The predicted octanol–water partition coefficient (Wildman–Crippen LogP) is 3.38. The van der Waals surface area contributed by atoms with Crippen LogP contribution in [0.15, 0.2) is 54.6 Å². The van der Waals surface area contributed by atoms with E-state index in [1.54, 1.807) is 12.1 Å². The molecule has 0 aromatic heterocycles. The number of amides is 2.